The van der Waals surface area contributed by atoms with E-state index in [1.165, 1.54) is 0 Å². The van der Waals surface area contributed by atoms with Crippen LogP contribution in [-0.2, 0) is 10.0 Å². The van der Waals surface area contributed by atoms with Gasteiger partial charge in [-0.3, -0.25) is 0 Å². The van der Waals surface area contributed by atoms with Gasteiger partial charge in [0.05, 0.1) is 11.0 Å². The van der Waals surface area contributed by atoms with E-state index in [9.17, 15) is 8.42 Å². The summed E-state index contributed by atoms with van der Waals surface area (Å²) in [4.78, 5) is 0.249. The number of nitrogens with one attached hydrogen (secondary N) is 1. The Kier molecular flexibility index (Phi) is 4.60. The van der Waals surface area contributed by atoms with Crippen molar-refractivity contribution < 1.29 is 13.2 Å². The lowest BCUT2D eigenvalue weighted by molar-refractivity contribution is 0.240. The summed E-state index contributed by atoms with van der Waals surface area (Å²) in [7, 11) is -3.52. The van der Waals surface area contributed by atoms with Gasteiger partial charge in [0.2, 0.25) is 10.0 Å². The van der Waals surface area contributed by atoms with Gasteiger partial charge in [0.25, 0.3) is 0 Å². The quantitative estimate of drug-likeness (QED) is 0.841. The fraction of sp³-hybridized carbons (Fsp3) is 0.600. The third-order valence-corrected chi connectivity index (χ3v) is 5.18. The molecule has 3 N–H and O–H groups in total. The molecule has 21 heavy (non-hydrogen) atoms. The Bertz CT molecular complexity index is 607. The van der Waals surface area contributed by atoms with Crippen LogP contribution in [0, 0.1) is 6.92 Å². The average molecular weight is 312 g/mol. The van der Waals surface area contributed by atoms with Gasteiger partial charge in [0.1, 0.15) is 5.75 Å². The molecule has 0 saturated heterocycles. The van der Waals surface area contributed by atoms with Gasteiger partial charge in [-0.25, -0.2) is 13.1 Å². The maximum atomic E-state index is 12.3. The normalized spacial score (nSPS) is 17.6. The molecule has 0 spiro atoms. The van der Waals surface area contributed by atoms with Crippen LogP contribution in [0.25, 0.3) is 0 Å². The molecule has 1 aliphatic rings. The Hall–Kier alpha value is -1.11. The van der Waals surface area contributed by atoms with Gasteiger partial charge in [0, 0.05) is 12.1 Å². The van der Waals surface area contributed by atoms with E-state index in [-0.39, 0.29) is 16.5 Å². The van der Waals surface area contributed by atoms with E-state index < -0.39 is 10.0 Å². The fourth-order valence-electron chi connectivity index (χ4n) is 2.30. The van der Waals surface area contributed by atoms with Crippen molar-refractivity contribution in [3.05, 3.63) is 23.8 Å². The summed E-state index contributed by atoms with van der Waals surface area (Å²) in [5.74, 6) is 0.707. The highest BCUT2D eigenvalue weighted by molar-refractivity contribution is 7.89. The first-order valence-electron chi connectivity index (χ1n) is 7.28. The van der Waals surface area contributed by atoms with Crippen molar-refractivity contribution in [3.8, 4) is 5.75 Å². The van der Waals surface area contributed by atoms with Crippen LogP contribution in [-0.4, -0.2) is 26.6 Å². The van der Waals surface area contributed by atoms with E-state index in [0.717, 1.165) is 24.8 Å². The molecule has 1 aliphatic carbocycles. The zero-order valence-electron chi connectivity index (χ0n) is 12.8. The first-order chi connectivity index (χ1) is 9.72. The number of aryl methyl sites for hydroxylation is 1. The molecule has 0 aliphatic heterocycles. The van der Waals surface area contributed by atoms with E-state index in [0.29, 0.717) is 12.3 Å². The van der Waals surface area contributed by atoms with Gasteiger partial charge in [0.15, 0.2) is 0 Å². The van der Waals surface area contributed by atoms with Crippen LogP contribution in [0.2, 0.25) is 0 Å². The second kappa shape index (κ2) is 5.94. The fourth-order valence-corrected chi connectivity index (χ4v) is 3.53. The van der Waals surface area contributed by atoms with Gasteiger partial charge in [-0.2, -0.15) is 0 Å². The predicted molar refractivity (Wildman–Crippen MR) is 82.9 cm³/mol. The number of rotatable bonds is 6. The largest absolute Gasteiger partial charge is 0.491 e. The average Bonchev–Trinajstić information content (AvgIpc) is 2.36. The molecular formula is C15H24N2O3S. The number of sulfonamides is 1. The summed E-state index contributed by atoms with van der Waals surface area (Å²) in [5, 5.41) is 0. The van der Waals surface area contributed by atoms with Crippen molar-refractivity contribution in [2.45, 2.75) is 56.6 Å². The van der Waals surface area contributed by atoms with Crippen LogP contribution >= 0.6 is 0 Å². The van der Waals surface area contributed by atoms with Crippen LogP contribution in [0.15, 0.2) is 23.1 Å². The minimum Gasteiger partial charge on any atom is -0.491 e. The monoisotopic (exact) mass is 312 g/mol. The zero-order valence-corrected chi connectivity index (χ0v) is 13.7. The molecule has 0 bridgehead atoms. The number of benzene rings is 1. The molecule has 5 nitrogen and oxygen atoms in total. The van der Waals surface area contributed by atoms with Crippen molar-refractivity contribution in [2.24, 2.45) is 5.73 Å². The zero-order chi connectivity index (χ0) is 15.7. The second-order valence-corrected chi connectivity index (χ2v) is 7.90. The Morgan fingerprint density at radius 1 is 1.38 bits per heavy atom. The van der Waals surface area contributed by atoms with E-state index in [4.69, 9.17) is 10.5 Å². The van der Waals surface area contributed by atoms with Crippen LogP contribution < -0.4 is 15.2 Å². The highest BCUT2D eigenvalue weighted by Crippen LogP contribution is 2.29. The third kappa shape index (κ3) is 3.96. The standard InChI is InChI=1S/C15H24N2O3S/c1-11(2)20-14-6-5-13(9-12(14)3)21(18,19)17-10-15(16)7-4-8-15/h5-6,9,11,17H,4,7-8,10,16H2,1-3H3. The molecule has 0 unspecified atom stereocenters. The first-order valence-corrected chi connectivity index (χ1v) is 8.76. The molecule has 2 rings (SSSR count). The van der Waals surface area contributed by atoms with Crippen LogP contribution in [0.3, 0.4) is 0 Å². The molecule has 1 aromatic carbocycles. The summed E-state index contributed by atoms with van der Waals surface area (Å²) in [6, 6.07) is 4.90. The van der Waals surface area contributed by atoms with Gasteiger partial charge >= 0.3 is 0 Å². The summed E-state index contributed by atoms with van der Waals surface area (Å²) in [6.45, 7) is 6.00. The molecule has 118 valence electrons. The minimum atomic E-state index is -3.52. The molecule has 1 aromatic rings. The van der Waals surface area contributed by atoms with Crippen LogP contribution in [0.4, 0.5) is 0 Å². The molecule has 0 atom stereocenters. The lowest BCUT2D eigenvalue weighted by Gasteiger charge is -2.38. The van der Waals surface area contributed by atoms with E-state index in [1.54, 1.807) is 18.2 Å². The van der Waals surface area contributed by atoms with Gasteiger partial charge < -0.3 is 10.5 Å². The van der Waals surface area contributed by atoms with Gasteiger partial charge in [-0.1, -0.05) is 0 Å². The Balaban J connectivity index is 2.10. The molecule has 0 aromatic heterocycles. The molecule has 1 fully saturated rings. The summed E-state index contributed by atoms with van der Waals surface area (Å²) >= 11 is 0. The first kappa shape index (κ1) is 16.3. The molecule has 0 heterocycles. The molecular weight excluding hydrogens is 288 g/mol. The van der Waals surface area contributed by atoms with Crippen molar-refractivity contribution in [1.29, 1.82) is 0 Å². The minimum absolute atomic E-state index is 0.0556. The number of hydrogen-bond acceptors (Lipinski definition) is 4. The SMILES string of the molecule is Cc1cc(S(=O)(=O)NCC2(N)CCC2)ccc1OC(C)C. The molecule has 0 amide bonds. The topological polar surface area (TPSA) is 81.4 Å². The van der Waals surface area contributed by atoms with Gasteiger partial charge in [-0.15, -0.1) is 0 Å². The molecule has 1 saturated carbocycles. The maximum absolute atomic E-state index is 12.3. The summed E-state index contributed by atoms with van der Waals surface area (Å²) in [6.07, 6.45) is 2.87. The van der Waals surface area contributed by atoms with Crippen molar-refractivity contribution >= 4 is 10.0 Å². The van der Waals surface area contributed by atoms with Crippen LogP contribution in [0.5, 0.6) is 5.75 Å². The molecule has 6 heteroatoms. The van der Waals surface area contributed by atoms with Gasteiger partial charge in [-0.05, 0) is 63.8 Å². The smallest absolute Gasteiger partial charge is 0.240 e. The lowest BCUT2D eigenvalue weighted by atomic mass is 9.78. The predicted octanol–water partition coefficient (Wildman–Crippen LogP) is 1.94. The third-order valence-electron chi connectivity index (χ3n) is 3.78. The Labute approximate surface area is 126 Å². The number of ether oxygens (including phenoxy) is 1. The molecule has 0 radical (unpaired) electrons. The number of nitrogens with two attached hydrogens (primary N) is 1. The van der Waals surface area contributed by atoms with Crippen molar-refractivity contribution in [2.75, 3.05) is 6.54 Å². The van der Waals surface area contributed by atoms with Crippen molar-refractivity contribution in [1.82, 2.24) is 4.72 Å². The Morgan fingerprint density at radius 3 is 2.52 bits per heavy atom. The maximum Gasteiger partial charge on any atom is 0.240 e. The van der Waals surface area contributed by atoms with E-state index in [2.05, 4.69) is 4.72 Å². The van der Waals surface area contributed by atoms with E-state index in [1.807, 2.05) is 20.8 Å². The van der Waals surface area contributed by atoms with E-state index >= 15 is 0 Å². The van der Waals surface area contributed by atoms with Crippen molar-refractivity contribution in [3.63, 3.8) is 0 Å². The highest BCUT2D eigenvalue weighted by atomic mass is 32.2. The number of hydrogen-bond donors (Lipinski definition) is 2. The lowest BCUT2D eigenvalue weighted by Crippen LogP contribution is -2.54. The Morgan fingerprint density at radius 2 is 2.05 bits per heavy atom. The summed E-state index contributed by atoms with van der Waals surface area (Å²) < 4.78 is 32.8. The summed E-state index contributed by atoms with van der Waals surface area (Å²) in [5.41, 5.74) is 6.48. The van der Waals surface area contributed by atoms with Crippen LogP contribution in [0.1, 0.15) is 38.7 Å². The highest BCUT2D eigenvalue weighted by Gasteiger charge is 2.33. The second-order valence-electron chi connectivity index (χ2n) is 6.13.